The van der Waals surface area contributed by atoms with Gasteiger partial charge in [0.25, 0.3) is 5.91 Å². The fraction of sp³-hybridized carbons (Fsp3) is 0.667. The predicted octanol–water partition coefficient (Wildman–Crippen LogP) is 1.98. The van der Waals surface area contributed by atoms with Crippen molar-refractivity contribution in [3.05, 3.63) is 18.0 Å². The first-order valence-corrected chi connectivity index (χ1v) is 7.70. The molecule has 4 aliphatic rings. The van der Waals surface area contributed by atoms with Gasteiger partial charge in [0.2, 0.25) is 5.95 Å². The summed E-state index contributed by atoms with van der Waals surface area (Å²) in [6, 6.07) is 0. The summed E-state index contributed by atoms with van der Waals surface area (Å²) in [5, 5.41) is 12.2. The SMILES string of the molecule is O=C(NO)c1cnc(NC23CC4CC(CC(C4)C2)C3)nc1. The maximum atomic E-state index is 11.3. The molecule has 0 radical (unpaired) electrons. The van der Waals surface area contributed by atoms with Crippen LogP contribution in [0.1, 0.15) is 48.9 Å². The average molecular weight is 288 g/mol. The predicted molar refractivity (Wildman–Crippen MR) is 75.8 cm³/mol. The number of amides is 1. The highest BCUT2D eigenvalue weighted by atomic mass is 16.5. The molecule has 0 spiro atoms. The molecule has 3 N–H and O–H groups in total. The van der Waals surface area contributed by atoms with Gasteiger partial charge in [-0.05, 0) is 56.3 Å². The molecular formula is C15H20N4O2. The van der Waals surface area contributed by atoms with Crippen LogP contribution >= 0.6 is 0 Å². The Morgan fingerprint density at radius 3 is 2.10 bits per heavy atom. The molecule has 4 saturated carbocycles. The maximum absolute atomic E-state index is 11.3. The third kappa shape index (κ3) is 2.27. The van der Waals surface area contributed by atoms with E-state index in [4.69, 9.17) is 5.21 Å². The standard InChI is InChI=1S/C15H20N4O2/c20-13(19-21)12-7-16-14(17-8-12)18-15-4-9-1-10(5-15)3-11(2-9)6-15/h7-11,21H,1-6H2,(H,19,20)(H,16,17,18). The Labute approximate surface area is 123 Å². The van der Waals surface area contributed by atoms with Crippen molar-refractivity contribution in [3.63, 3.8) is 0 Å². The number of rotatable bonds is 3. The van der Waals surface area contributed by atoms with Crippen molar-refractivity contribution in [1.29, 1.82) is 0 Å². The normalized spacial score (nSPS) is 36.5. The lowest BCUT2D eigenvalue weighted by Crippen LogP contribution is -2.55. The largest absolute Gasteiger partial charge is 0.349 e. The monoisotopic (exact) mass is 288 g/mol. The zero-order chi connectivity index (χ0) is 14.4. The second kappa shape index (κ2) is 4.66. The molecule has 0 unspecified atom stereocenters. The van der Waals surface area contributed by atoms with Crippen LogP contribution in [0.3, 0.4) is 0 Å². The van der Waals surface area contributed by atoms with Gasteiger partial charge in [-0.25, -0.2) is 15.4 Å². The first-order chi connectivity index (χ1) is 10.2. The summed E-state index contributed by atoms with van der Waals surface area (Å²) >= 11 is 0. The zero-order valence-electron chi connectivity index (χ0n) is 11.9. The van der Waals surface area contributed by atoms with Gasteiger partial charge in [0, 0.05) is 17.9 Å². The van der Waals surface area contributed by atoms with Gasteiger partial charge in [0.1, 0.15) is 0 Å². The van der Waals surface area contributed by atoms with Crippen LogP contribution in [0, 0.1) is 17.8 Å². The molecule has 1 heterocycles. The second-order valence-electron chi connectivity index (χ2n) is 7.06. The molecule has 1 aromatic heterocycles. The van der Waals surface area contributed by atoms with Gasteiger partial charge in [-0.3, -0.25) is 10.0 Å². The van der Waals surface area contributed by atoms with Crippen LogP contribution in [0.15, 0.2) is 12.4 Å². The first kappa shape index (κ1) is 13.0. The number of nitrogens with one attached hydrogen (secondary N) is 2. The summed E-state index contributed by atoms with van der Waals surface area (Å²) in [5.74, 6) is 2.59. The molecule has 112 valence electrons. The number of carbonyl (C=O) groups excluding carboxylic acids is 1. The molecule has 4 bridgehead atoms. The summed E-state index contributed by atoms with van der Waals surface area (Å²) < 4.78 is 0. The van der Waals surface area contributed by atoms with Gasteiger partial charge in [0.15, 0.2) is 0 Å². The van der Waals surface area contributed by atoms with E-state index in [1.54, 1.807) is 5.48 Å². The molecule has 0 aliphatic heterocycles. The molecule has 0 saturated heterocycles. The molecule has 0 atom stereocenters. The van der Waals surface area contributed by atoms with E-state index >= 15 is 0 Å². The number of hydrogen-bond donors (Lipinski definition) is 3. The first-order valence-electron chi connectivity index (χ1n) is 7.70. The van der Waals surface area contributed by atoms with Crippen molar-refractivity contribution in [3.8, 4) is 0 Å². The number of hydroxylamine groups is 1. The highest BCUT2D eigenvalue weighted by Crippen LogP contribution is 2.56. The fourth-order valence-corrected chi connectivity index (χ4v) is 5.08. The van der Waals surface area contributed by atoms with Crippen LogP contribution in [0.5, 0.6) is 0 Å². The summed E-state index contributed by atoms with van der Waals surface area (Å²) in [7, 11) is 0. The Hall–Kier alpha value is -1.69. The summed E-state index contributed by atoms with van der Waals surface area (Å²) in [6.07, 6.45) is 10.8. The number of aromatic nitrogens is 2. The molecule has 1 aromatic rings. The third-order valence-electron chi connectivity index (χ3n) is 5.43. The fourth-order valence-electron chi connectivity index (χ4n) is 5.08. The van der Waals surface area contributed by atoms with Gasteiger partial charge < -0.3 is 5.32 Å². The minimum Gasteiger partial charge on any atom is -0.349 e. The van der Waals surface area contributed by atoms with E-state index in [0.717, 1.165) is 17.8 Å². The van der Waals surface area contributed by atoms with Gasteiger partial charge in [0.05, 0.1) is 5.56 Å². The summed E-state index contributed by atoms with van der Waals surface area (Å²) in [4.78, 5) is 19.7. The van der Waals surface area contributed by atoms with Gasteiger partial charge in [-0.2, -0.15) is 0 Å². The highest BCUT2D eigenvalue weighted by molar-refractivity contribution is 5.92. The minimum atomic E-state index is -0.587. The van der Waals surface area contributed by atoms with Crippen LogP contribution in [-0.4, -0.2) is 26.6 Å². The molecule has 4 aliphatic carbocycles. The summed E-state index contributed by atoms with van der Waals surface area (Å²) in [5.41, 5.74) is 2.01. The van der Waals surface area contributed by atoms with Crippen molar-refractivity contribution in [2.24, 2.45) is 17.8 Å². The van der Waals surface area contributed by atoms with Crippen LogP contribution < -0.4 is 10.8 Å². The lowest BCUT2D eigenvalue weighted by molar-refractivity contribution is 0.0103. The summed E-state index contributed by atoms with van der Waals surface area (Å²) in [6.45, 7) is 0. The molecule has 5 rings (SSSR count). The van der Waals surface area contributed by atoms with Crippen LogP contribution in [0.25, 0.3) is 0 Å². The quantitative estimate of drug-likeness (QED) is 0.585. The van der Waals surface area contributed by atoms with Crippen molar-refractivity contribution < 1.29 is 10.0 Å². The Bertz CT molecular complexity index is 522. The Balaban J connectivity index is 1.52. The maximum Gasteiger partial charge on any atom is 0.277 e. The highest BCUT2D eigenvalue weighted by Gasteiger charge is 2.51. The van der Waals surface area contributed by atoms with Crippen molar-refractivity contribution in [2.45, 2.75) is 44.1 Å². The zero-order valence-corrected chi connectivity index (χ0v) is 11.9. The van der Waals surface area contributed by atoms with Crippen LogP contribution in [0.4, 0.5) is 5.95 Å². The average Bonchev–Trinajstić information content (AvgIpc) is 2.45. The molecule has 21 heavy (non-hydrogen) atoms. The molecule has 0 aromatic carbocycles. The molecule has 6 nitrogen and oxygen atoms in total. The van der Waals surface area contributed by atoms with E-state index in [1.807, 2.05) is 0 Å². The Morgan fingerprint density at radius 2 is 1.62 bits per heavy atom. The smallest absolute Gasteiger partial charge is 0.277 e. The number of carbonyl (C=O) groups is 1. The number of hydrogen-bond acceptors (Lipinski definition) is 5. The van der Waals surface area contributed by atoms with E-state index in [-0.39, 0.29) is 11.1 Å². The molecule has 4 fully saturated rings. The second-order valence-corrected chi connectivity index (χ2v) is 7.06. The third-order valence-corrected chi connectivity index (χ3v) is 5.43. The van der Waals surface area contributed by atoms with Gasteiger partial charge >= 0.3 is 0 Å². The Morgan fingerprint density at radius 1 is 1.10 bits per heavy atom. The van der Waals surface area contributed by atoms with E-state index in [0.29, 0.717) is 5.95 Å². The number of anilines is 1. The molecule has 6 heteroatoms. The topological polar surface area (TPSA) is 87.1 Å². The van der Waals surface area contributed by atoms with E-state index in [1.165, 1.54) is 50.9 Å². The molecule has 1 amide bonds. The lowest BCUT2D eigenvalue weighted by atomic mass is 9.53. The van der Waals surface area contributed by atoms with Crippen LogP contribution in [-0.2, 0) is 0 Å². The van der Waals surface area contributed by atoms with Crippen LogP contribution in [0.2, 0.25) is 0 Å². The van der Waals surface area contributed by atoms with Crippen molar-refractivity contribution in [2.75, 3.05) is 5.32 Å². The Kier molecular flexibility index (Phi) is 2.89. The van der Waals surface area contributed by atoms with E-state index in [2.05, 4.69) is 15.3 Å². The van der Waals surface area contributed by atoms with Crippen molar-refractivity contribution in [1.82, 2.24) is 15.4 Å². The van der Waals surface area contributed by atoms with Crippen molar-refractivity contribution >= 4 is 11.9 Å². The minimum absolute atomic E-state index is 0.162. The van der Waals surface area contributed by atoms with Gasteiger partial charge in [-0.1, -0.05) is 0 Å². The number of nitrogens with zero attached hydrogens (tertiary/aromatic N) is 2. The van der Waals surface area contributed by atoms with E-state index in [9.17, 15) is 4.79 Å². The lowest BCUT2D eigenvalue weighted by Gasteiger charge is -2.56. The molecular weight excluding hydrogens is 268 g/mol. The van der Waals surface area contributed by atoms with Gasteiger partial charge in [-0.15, -0.1) is 0 Å². The van der Waals surface area contributed by atoms with E-state index < -0.39 is 5.91 Å².